The molecule has 3 heterocycles. The van der Waals surface area contributed by atoms with E-state index in [4.69, 9.17) is 4.74 Å². The number of imidazole rings is 1. The van der Waals surface area contributed by atoms with Crippen molar-refractivity contribution in [3.8, 4) is 0 Å². The van der Waals surface area contributed by atoms with Crippen molar-refractivity contribution in [3.63, 3.8) is 0 Å². The molecule has 1 atom stereocenters. The van der Waals surface area contributed by atoms with E-state index in [1.807, 2.05) is 24.7 Å². The van der Waals surface area contributed by atoms with Gasteiger partial charge in [-0.15, -0.1) is 0 Å². The SMILES string of the molecule is COC(=O)c1cc(CN2CCCC(Cc3nccn3C)C2)c[nH]1. The number of nitrogens with zero attached hydrogens (tertiary/aromatic N) is 3. The van der Waals surface area contributed by atoms with Crippen LogP contribution in [0.4, 0.5) is 0 Å². The van der Waals surface area contributed by atoms with Crippen molar-refractivity contribution < 1.29 is 9.53 Å². The van der Waals surface area contributed by atoms with Gasteiger partial charge in [0.15, 0.2) is 0 Å². The number of aromatic nitrogens is 3. The van der Waals surface area contributed by atoms with Gasteiger partial charge in [-0.1, -0.05) is 0 Å². The standard InChI is InChI=1S/C17H24N4O2/c1-20-7-5-18-16(20)9-13-4-3-6-21(11-13)12-14-8-15(19-10-14)17(22)23-2/h5,7-8,10,13,19H,3-4,6,9,11-12H2,1-2H3. The highest BCUT2D eigenvalue weighted by Crippen LogP contribution is 2.22. The van der Waals surface area contributed by atoms with Gasteiger partial charge in [-0.2, -0.15) is 0 Å². The Hall–Kier alpha value is -2.08. The maximum atomic E-state index is 11.5. The predicted molar refractivity (Wildman–Crippen MR) is 87.0 cm³/mol. The molecule has 0 radical (unpaired) electrons. The number of ether oxygens (including phenoxy) is 1. The molecule has 1 unspecified atom stereocenters. The fourth-order valence-electron chi connectivity index (χ4n) is 3.33. The van der Waals surface area contributed by atoms with Gasteiger partial charge in [-0.3, -0.25) is 4.90 Å². The molecular weight excluding hydrogens is 292 g/mol. The highest BCUT2D eigenvalue weighted by molar-refractivity contribution is 5.87. The number of likely N-dealkylation sites (tertiary alicyclic amines) is 1. The monoisotopic (exact) mass is 316 g/mol. The minimum atomic E-state index is -0.317. The van der Waals surface area contributed by atoms with Crippen LogP contribution in [-0.2, 0) is 24.8 Å². The number of hydrogen-bond donors (Lipinski definition) is 1. The van der Waals surface area contributed by atoms with Gasteiger partial charge < -0.3 is 14.3 Å². The van der Waals surface area contributed by atoms with Crippen LogP contribution < -0.4 is 0 Å². The smallest absolute Gasteiger partial charge is 0.354 e. The Morgan fingerprint density at radius 1 is 1.52 bits per heavy atom. The normalized spacial score (nSPS) is 19.0. The molecule has 0 spiro atoms. The zero-order valence-electron chi connectivity index (χ0n) is 13.8. The van der Waals surface area contributed by atoms with Crippen molar-refractivity contribution in [1.82, 2.24) is 19.4 Å². The lowest BCUT2D eigenvalue weighted by Gasteiger charge is -2.32. The van der Waals surface area contributed by atoms with Gasteiger partial charge in [-0.25, -0.2) is 9.78 Å². The van der Waals surface area contributed by atoms with Crippen LogP contribution in [0.2, 0.25) is 0 Å². The van der Waals surface area contributed by atoms with Crippen LogP contribution in [0.3, 0.4) is 0 Å². The predicted octanol–water partition coefficient (Wildman–Crippen LogP) is 1.99. The molecule has 124 valence electrons. The highest BCUT2D eigenvalue weighted by atomic mass is 16.5. The molecule has 1 aliphatic heterocycles. The third kappa shape index (κ3) is 3.82. The third-order valence-corrected chi connectivity index (χ3v) is 4.55. The lowest BCUT2D eigenvalue weighted by Crippen LogP contribution is -2.36. The number of piperidine rings is 1. The van der Waals surface area contributed by atoms with E-state index in [9.17, 15) is 4.79 Å². The molecule has 0 amide bonds. The second-order valence-electron chi connectivity index (χ2n) is 6.32. The number of rotatable bonds is 5. The Morgan fingerprint density at radius 3 is 3.13 bits per heavy atom. The van der Waals surface area contributed by atoms with Crippen molar-refractivity contribution in [2.75, 3.05) is 20.2 Å². The molecule has 1 N–H and O–H groups in total. The zero-order chi connectivity index (χ0) is 16.2. The molecule has 2 aromatic heterocycles. The average Bonchev–Trinajstić information content (AvgIpc) is 3.17. The Bertz CT molecular complexity index is 661. The lowest BCUT2D eigenvalue weighted by molar-refractivity contribution is 0.0594. The summed E-state index contributed by atoms with van der Waals surface area (Å²) in [5, 5.41) is 0. The fraction of sp³-hybridized carbons (Fsp3) is 0.529. The van der Waals surface area contributed by atoms with E-state index in [0.29, 0.717) is 11.6 Å². The quantitative estimate of drug-likeness (QED) is 0.857. The van der Waals surface area contributed by atoms with Crippen molar-refractivity contribution in [2.24, 2.45) is 13.0 Å². The second-order valence-corrected chi connectivity index (χ2v) is 6.32. The van der Waals surface area contributed by atoms with E-state index < -0.39 is 0 Å². The van der Waals surface area contributed by atoms with E-state index in [0.717, 1.165) is 37.4 Å². The summed E-state index contributed by atoms with van der Waals surface area (Å²) >= 11 is 0. The minimum absolute atomic E-state index is 0.317. The summed E-state index contributed by atoms with van der Waals surface area (Å²) in [5.41, 5.74) is 1.65. The molecule has 23 heavy (non-hydrogen) atoms. The molecule has 1 fully saturated rings. The number of carbonyl (C=O) groups excluding carboxylic acids is 1. The summed E-state index contributed by atoms with van der Waals surface area (Å²) in [5.74, 6) is 1.48. The topological polar surface area (TPSA) is 63.1 Å². The number of aryl methyl sites for hydroxylation is 1. The molecule has 0 bridgehead atoms. The molecule has 2 aromatic rings. The van der Waals surface area contributed by atoms with E-state index in [-0.39, 0.29) is 5.97 Å². The third-order valence-electron chi connectivity index (χ3n) is 4.55. The van der Waals surface area contributed by atoms with Crippen LogP contribution in [0, 0.1) is 5.92 Å². The number of aromatic amines is 1. The van der Waals surface area contributed by atoms with E-state index >= 15 is 0 Å². The molecule has 0 aliphatic carbocycles. The molecule has 6 nitrogen and oxygen atoms in total. The Balaban J connectivity index is 1.57. The van der Waals surface area contributed by atoms with Gasteiger partial charge >= 0.3 is 5.97 Å². The number of nitrogens with one attached hydrogen (secondary N) is 1. The average molecular weight is 316 g/mol. The first kappa shape index (κ1) is 15.8. The van der Waals surface area contributed by atoms with Gasteiger partial charge in [-0.05, 0) is 36.9 Å². The minimum Gasteiger partial charge on any atom is -0.464 e. The van der Waals surface area contributed by atoms with Crippen molar-refractivity contribution in [2.45, 2.75) is 25.8 Å². The van der Waals surface area contributed by atoms with Crippen molar-refractivity contribution in [3.05, 3.63) is 41.7 Å². The molecule has 3 rings (SSSR count). The van der Waals surface area contributed by atoms with Crippen LogP contribution in [0.15, 0.2) is 24.7 Å². The van der Waals surface area contributed by atoms with Crippen LogP contribution in [0.1, 0.15) is 34.7 Å². The maximum Gasteiger partial charge on any atom is 0.354 e. The Kier molecular flexibility index (Phi) is 4.81. The molecule has 0 aromatic carbocycles. The Labute approximate surface area is 136 Å². The number of methoxy groups -OCH3 is 1. The van der Waals surface area contributed by atoms with Crippen LogP contribution in [-0.4, -0.2) is 45.6 Å². The summed E-state index contributed by atoms with van der Waals surface area (Å²) in [7, 11) is 3.45. The van der Waals surface area contributed by atoms with Gasteiger partial charge in [0.05, 0.1) is 7.11 Å². The number of H-pyrrole nitrogens is 1. The summed E-state index contributed by atoms with van der Waals surface area (Å²) in [6, 6.07) is 1.88. The van der Waals surface area contributed by atoms with E-state index in [1.54, 1.807) is 0 Å². The van der Waals surface area contributed by atoms with Crippen molar-refractivity contribution >= 4 is 5.97 Å². The number of carbonyl (C=O) groups is 1. The molecule has 6 heteroatoms. The van der Waals surface area contributed by atoms with Gasteiger partial charge in [0, 0.05) is 45.1 Å². The van der Waals surface area contributed by atoms with E-state index in [2.05, 4.69) is 26.5 Å². The van der Waals surface area contributed by atoms with Gasteiger partial charge in [0.25, 0.3) is 0 Å². The molecule has 0 saturated carbocycles. The first-order valence-electron chi connectivity index (χ1n) is 8.10. The maximum absolute atomic E-state index is 11.5. The van der Waals surface area contributed by atoms with Crippen LogP contribution >= 0.6 is 0 Å². The lowest BCUT2D eigenvalue weighted by atomic mass is 9.94. The summed E-state index contributed by atoms with van der Waals surface area (Å²) in [6.07, 6.45) is 9.26. The number of hydrogen-bond acceptors (Lipinski definition) is 4. The molecule has 1 aliphatic rings. The Morgan fingerprint density at radius 2 is 2.39 bits per heavy atom. The summed E-state index contributed by atoms with van der Waals surface area (Å²) in [4.78, 5) is 21.4. The first-order valence-corrected chi connectivity index (χ1v) is 8.10. The summed E-state index contributed by atoms with van der Waals surface area (Å²) < 4.78 is 6.84. The second kappa shape index (κ2) is 7.00. The van der Waals surface area contributed by atoms with Gasteiger partial charge in [0.2, 0.25) is 0 Å². The van der Waals surface area contributed by atoms with E-state index in [1.165, 1.54) is 20.0 Å². The zero-order valence-corrected chi connectivity index (χ0v) is 13.8. The first-order chi connectivity index (χ1) is 11.2. The van der Waals surface area contributed by atoms with Crippen LogP contribution in [0.25, 0.3) is 0 Å². The van der Waals surface area contributed by atoms with Gasteiger partial charge in [0.1, 0.15) is 11.5 Å². The summed E-state index contributed by atoms with van der Waals surface area (Å²) in [6.45, 7) is 3.05. The molecular formula is C17H24N4O2. The fourth-order valence-corrected chi connectivity index (χ4v) is 3.33. The molecule has 1 saturated heterocycles. The number of esters is 1. The largest absolute Gasteiger partial charge is 0.464 e. The highest BCUT2D eigenvalue weighted by Gasteiger charge is 2.22. The van der Waals surface area contributed by atoms with Crippen LogP contribution in [0.5, 0.6) is 0 Å². The van der Waals surface area contributed by atoms with Crippen molar-refractivity contribution in [1.29, 1.82) is 0 Å².